The maximum absolute atomic E-state index is 5.96. The minimum absolute atomic E-state index is 0.653. The lowest BCUT2D eigenvalue weighted by atomic mass is 9.94. The Morgan fingerprint density at radius 2 is 2.10 bits per heavy atom. The van der Waals surface area contributed by atoms with Crippen molar-refractivity contribution in [2.24, 2.45) is 11.7 Å². The van der Waals surface area contributed by atoms with E-state index in [0.717, 1.165) is 32.0 Å². The van der Waals surface area contributed by atoms with Crippen molar-refractivity contribution in [1.29, 1.82) is 0 Å². The van der Waals surface area contributed by atoms with Crippen LogP contribution in [0.2, 0.25) is 0 Å². The second-order valence-corrected chi connectivity index (χ2v) is 6.14. The van der Waals surface area contributed by atoms with Gasteiger partial charge in [0.25, 0.3) is 0 Å². The number of hydrogen-bond acceptors (Lipinski definition) is 3. The summed E-state index contributed by atoms with van der Waals surface area (Å²) in [5, 5.41) is 0. The standard InChI is InChI=1S/C17H28N2O/c1-13-4-5-14(2)17(10-13)20-9-8-19-12-16(11-18)7-6-15(19)3/h4-5,10,15-16H,6-9,11-12,18H2,1-3H3. The second-order valence-electron chi connectivity index (χ2n) is 6.14. The summed E-state index contributed by atoms with van der Waals surface area (Å²) in [6.45, 7) is 10.2. The molecule has 0 bridgehead atoms. The Balaban J connectivity index is 1.84. The number of hydrogen-bond donors (Lipinski definition) is 1. The highest BCUT2D eigenvalue weighted by atomic mass is 16.5. The molecule has 1 aliphatic rings. The molecule has 1 aromatic carbocycles. The molecule has 2 unspecified atom stereocenters. The molecule has 3 nitrogen and oxygen atoms in total. The summed E-state index contributed by atoms with van der Waals surface area (Å²) in [6, 6.07) is 7.02. The van der Waals surface area contributed by atoms with E-state index in [4.69, 9.17) is 10.5 Å². The van der Waals surface area contributed by atoms with E-state index in [1.54, 1.807) is 0 Å². The Hall–Kier alpha value is -1.06. The van der Waals surface area contributed by atoms with E-state index in [1.165, 1.54) is 24.0 Å². The van der Waals surface area contributed by atoms with Gasteiger partial charge in [-0.25, -0.2) is 0 Å². The summed E-state index contributed by atoms with van der Waals surface area (Å²) in [4.78, 5) is 2.52. The van der Waals surface area contributed by atoms with Crippen LogP contribution in [0.1, 0.15) is 30.9 Å². The SMILES string of the molecule is Cc1ccc(C)c(OCCN2CC(CN)CCC2C)c1. The fourth-order valence-corrected chi connectivity index (χ4v) is 2.90. The summed E-state index contributed by atoms with van der Waals surface area (Å²) < 4.78 is 5.96. The summed E-state index contributed by atoms with van der Waals surface area (Å²) in [6.07, 6.45) is 2.53. The molecule has 0 spiro atoms. The zero-order valence-electron chi connectivity index (χ0n) is 13.1. The molecule has 1 fully saturated rings. The molecular formula is C17H28N2O. The Kier molecular flexibility index (Phi) is 5.44. The summed E-state index contributed by atoms with van der Waals surface area (Å²) >= 11 is 0. The average Bonchev–Trinajstić information content (AvgIpc) is 2.44. The number of benzene rings is 1. The smallest absolute Gasteiger partial charge is 0.122 e. The molecule has 112 valence electrons. The molecule has 0 aromatic heterocycles. The molecule has 2 N–H and O–H groups in total. The van der Waals surface area contributed by atoms with E-state index in [2.05, 4.69) is 43.9 Å². The maximum atomic E-state index is 5.96. The molecule has 0 aliphatic carbocycles. The van der Waals surface area contributed by atoms with E-state index in [-0.39, 0.29) is 0 Å². The van der Waals surface area contributed by atoms with Crippen LogP contribution >= 0.6 is 0 Å². The lowest BCUT2D eigenvalue weighted by Crippen LogP contribution is -2.45. The van der Waals surface area contributed by atoms with E-state index >= 15 is 0 Å². The number of aryl methyl sites for hydroxylation is 2. The quantitative estimate of drug-likeness (QED) is 0.898. The minimum atomic E-state index is 0.653. The predicted molar refractivity (Wildman–Crippen MR) is 84.2 cm³/mol. The van der Waals surface area contributed by atoms with Crippen molar-refractivity contribution in [3.63, 3.8) is 0 Å². The molecule has 0 saturated carbocycles. The highest BCUT2D eigenvalue weighted by Crippen LogP contribution is 2.22. The molecule has 2 rings (SSSR count). The third kappa shape index (κ3) is 3.97. The van der Waals surface area contributed by atoms with Gasteiger partial charge >= 0.3 is 0 Å². The molecule has 1 saturated heterocycles. The van der Waals surface area contributed by atoms with Crippen LogP contribution in [0, 0.1) is 19.8 Å². The van der Waals surface area contributed by atoms with Crippen LogP contribution in [-0.2, 0) is 0 Å². The first-order valence-electron chi connectivity index (χ1n) is 7.74. The maximum Gasteiger partial charge on any atom is 0.122 e. The minimum Gasteiger partial charge on any atom is -0.492 e. The van der Waals surface area contributed by atoms with Gasteiger partial charge in [-0.15, -0.1) is 0 Å². The van der Waals surface area contributed by atoms with Gasteiger partial charge < -0.3 is 10.5 Å². The van der Waals surface area contributed by atoms with Crippen molar-refractivity contribution in [2.45, 2.75) is 39.7 Å². The van der Waals surface area contributed by atoms with Gasteiger partial charge in [0.2, 0.25) is 0 Å². The first-order chi connectivity index (χ1) is 9.60. The third-order valence-electron chi connectivity index (χ3n) is 4.42. The van der Waals surface area contributed by atoms with Gasteiger partial charge in [0.05, 0.1) is 0 Å². The number of nitrogens with zero attached hydrogens (tertiary/aromatic N) is 1. The Morgan fingerprint density at radius 1 is 1.30 bits per heavy atom. The molecule has 1 aliphatic heterocycles. The molecule has 2 atom stereocenters. The van der Waals surface area contributed by atoms with Crippen molar-refractivity contribution in [3.8, 4) is 5.75 Å². The van der Waals surface area contributed by atoms with Gasteiger partial charge in [-0.3, -0.25) is 4.90 Å². The van der Waals surface area contributed by atoms with Gasteiger partial charge in [-0.1, -0.05) is 12.1 Å². The normalized spacial score (nSPS) is 23.8. The van der Waals surface area contributed by atoms with E-state index in [0.29, 0.717) is 12.0 Å². The van der Waals surface area contributed by atoms with Crippen molar-refractivity contribution in [3.05, 3.63) is 29.3 Å². The number of likely N-dealkylation sites (tertiary alicyclic amines) is 1. The molecule has 0 amide bonds. The molecule has 20 heavy (non-hydrogen) atoms. The van der Waals surface area contributed by atoms with Crippen molar-refractivity contribution >= 4 is 0 Å². The summed E-state index contributed by atoms with van der Waals surface area (Å²) in [7, 11) is 0. The second kappa shape index (κ2) is 7.09. The molecular weight excluding hydrogens is 248 g/mol. The van der Waals surface area contributed by atoms with Crippen LogP contribution in [0.15, 0.2) is 18.2 Å². The first-order valence-corrected chi connectivity index (χ1v) is 7.74. The third-order valence-corrected chi connectivity index (χ3v) is 4.42. The summed E-state index contributed by atoms with van der Waals surface area (Å²) in [5.41, 5.74) is 8.27. The number of piperidine rings is 1. The Labute approximate surface area is 123 Å². The van der Waals surface area contributed by atoms with Crippen LogP contribution < -0.4 is 10.5 Å². The lowest BCUT2D eigenvalue weighted by molar-refractivity contribution is 0.101. The molecule has 1 aromatic rings. The lowest BCUT2D eigenvalue weighted by Gasteiger charge is -2.37. The highest BCUT2D eigenvalue weighted by molar-refractivity contribution is 5.35. The topological polar surface area (TPSA) is 38.5 Å². The molecule has 0 radical (unpaired) electrons. The van der Waals surface area contributed by atoms with Gasteiger partial charge in [-0.05, 0) is 63.3 Å². The van der Waals surface area contributed by atoms with E-state index in [9.17, 15) is 0 Å². The Morgan fingerprint density at radius 3 is 2.85 bits per heavy atom. The predicted octanol–water partition coefficient (Wildman–Crippen LogP) is 2.74. The van der Waals surface area contributed by atoms with Crippen LogP contribution in [0.3, 0.4) is 0 Å². The average molecular weight is 276 g/mol. The van der Waals surface area contributed by atoms with E-state index < -0.39 is 0 Å². The van der Waals surface area contributed by atoms with E-state index in [1.807, 2.05) is 0 Å². The largest absolute Gasteiger partial charge is 0.492 e. The molecule has 1 heterocycles. The Bertz CT molecular complexity index is 433. The monoisotopic (exact) mass is 276 g/mol. The van der Waals surface area contributed by atoms with Gasteiger partial charge in [0, 0.05) is 19.1 Å². The number of nitrogens with two attached hydrogens (primary N) is 1. The number of rotatable bonds is 5. The van der Waals surface area contributed by atoms with Crippen LogP contribution in [0.25, 0.3) is 0 Å². The van der Waals surface area contributed by atoms with Gasteiger partial charge in [0.1, 0.15) is 12.4 Å². The highest BCUT2D eigenvalue weighted by Gasteiger charge is 2.24. The summed E-state index contributed by atoms with van der Waals surface area (Å²) in [5.74, 6) is 1.68. The van der Waals surface area contributed by atoms with Crippen LogP contribution in [-0.4, -0.2) is 37.2 Å². The fourth-order valence-electron chi connectivity index (χ4n) is 2.90. The van der Waals surface area contributed by atoms with Crippen molar-refractivity contribution < 1.29 is 4.74 Å². The fraction of sp³-hybridized carbons (Fsp3) is 0.647. The van der Waals surface area contributed by atoms with Crippen molar-refractivity contribution in [1.82, 2.24) is 4.90 Å². The molecule has 3 heteroatoms. The zero-order valence-corrected chi connectivity index (χ0v) is 13.1. The van der Waals surface area contributed by atoms with Crippen LogP contribution in [0.5, 0.6) is 5.75 Å². The van der Waals surface area contributed by atoms with Gasteiger partial charge in [0.15, 0.2) is 0 Å². The zero-order chi connectivity index (χ0) is 14.5. The van der Waals surface area contributed by atoms with Crippen LogP contribution in [0.4, 0.5) is 0 Å². The number of ether oxygens (including phenoxy) is 1. The van der Waals surface area contributed by atoms with Crippen molar-refractivity contribution in [2.75, 3.05) is 26.2 Å². The van der Waals surface area contributed by atoms with Gasteiger partial charge in [-0.2, -0.15) is 0 Å². The first kappa shape index (κ1) is 15.3.